The molecule has 1 aliphatic rings. The first-order valence-corrected chi connectivity index (χ1v) is 8.60. The fraction of sp³-hybridized carbons (Fsp3) is 0.350. The van der Waals surface area contributed by atoms with Gasteiger partial charge in [-0.25, -0.2) is 0 Å². The topological polar surface area (TPSA) is 50.8 Å². The third-order valence-corrected chi connectivity index (χ3v) is 3.99. The lowest BCUT2D eigenvalue weighted by Gasteiger charge is -2.34. The lowest BCUT2D eigenvalue weighted by atomic mass is 10.2. The van der Waals surface area contributed by atoms with Gasteiger partial charge in [0.05, 0.1) is 24.4 Å². The van der Waals surface area contributed by atoms with Crippen LogP contribution in [0.4, 0.5) is 5.69 Å². The number of para-hydroxylation sites is 3. The van der Waals surface area contributed by atoms with Crippen molar-refractivity contribution >= 4 is 11.6 Å². The van der Waals surface area contributed by atoms with Crippen molar-refractivity contribution in [2.75, 3.05) is 25.0 Å². The molecule has 0 bridgehead atoms. The Morgan fingerprint density at radius 2 is 1.72 bits per heavy atom. The van der Waals surface area contributed by atoms with Gasteiger partial charge in [-0.3, -0.25) is 9.69 Å². The summed E-state index contributed by atoms with van der Waals surface area (Å²) >= 11 is 0. The van der Waals surface area contributed by atoms with Crippen molar-refractivity contribution in [3.8, 4) is 11.5 Å². The molecule has 5 nitrogen and oxygen atoms in total. The molecular weight excluding hydrogens is 316 g/mol. The predicted octanol–water partition coefficient (Wildman–Crippen LogP) is 3.53. The molecule has 132 valence electrons. The van der Waals surface area contributed by atoms with Crippen LogP contribution in [0.1, 0.15) is 13.8 Å². The molecule has 0 saturated carbocycles. The summed E-state index contributed by atoms with van der Waals surface area (Å²) in [5, 5.41) is 2.96. The molecule has 1 heterocycles. The number of nitrogens with zero attached hydrogens (tertiary/aromatic N) is 1. The summed E-state index contributed by atoms with van der Waals surface area (Å²) in [6.07, 6.45) is 0.288. The third-order valence-electron chi connectivity index (χ3n) is 3.99. The summed E-state index contributed by atoms with van der Waals surface area (Å²) < 4.78 is 11.6. The largest absolute Gasteiger partial charge is 0.455 e. The minimum atomic E-state index is -0.0505. The first-order chi connectivity index (χ1) is 12.1. The molecule has 2 atom stereocenters. The number of ether oxygens (including phenoxy) is 2. The van der Waals surface area contributed by atoms with E-state index in [1.165, 1.54) is 0 Å². The highest BCUT2D eigenvalue weighted by atomic mass is 16.5. The van der Waals surface area contributed by atoms with Gasteiger partial charge in [-0.05, 0) is 38.1 Å². The Balaban J connectivity index is 1.63. The fourth-order valence-electron chi connectivity index (χ4n) is 3.08. The number of hydrogen-bond acceptors (Lipinski definition) is 4. The van der Waals surface area contributed by atoms with Gasteiger partial charge in [-0.15, -0.1) is 0 Å². The fourth-order valence-corrected chi connectivity index (χ4v) is 3.08. The molecule has 2 aromatic carbocycles. The second-order valence-corrected chi connectivity index (χ2v) is 6.41. The van der Waals surface area contributed by atoms with Gasteiger partial charge in [0.25, 0.3) is 0 Å². The van der Waals surface area contributed by atoms with Gasteiger partial charge in [-0.1, -0.05) is 30.3 Å². The number of anilines is 1. The van der Waals surface area contributed by atoms with Gasteiger partial charge in [0, 0.05) is 13.1 Å². The van der Waals surface area contributed by atoms with E-state index in [2.05, 4.69) is 10.2 Å². The van der Waals surface area contributed by atoms with Crippen LogP contribution in [0.5, 0.6) is 11.5 Å². The summed E-state index contributed by atoms with van der Waals surface area (Å²) in [4.78, 5) is 14.6. The molecular formula is C20H24N2O3. The molecule has 1 fully saturated rings. The molecule has 5 heteroatoms. The molecule has 1 saturated heterocycles. The number of carbonyl (C=O) groups is 1. The highest BCUT2D eigenvalue weighted by Crippen LogP contribution is 2.29. The molecule has 1 N–H and O–H groups in total. The maximum Gasteiger partial charge on any atom is 0.238 e. The molecule has 0 spiro atoms. The van der Waals surface area contributed by atoms with E-state index in [0.717, 1.165) is 18.8 Å². The second kappa shape index (κ2) is 8.14. The van der Waals surface area contributed by atoms with Crippen LogP contribution in [0.25, 0.3) is 0 Å². The number of nitrogens with one attached hydrogen (secondary N) is 1. The van der Waals surface area contributed by atoms with Crippen molar-refractivity contribution in [3.05, 3.63) is 54.6 Å². The standard InChI is InChI=1S/C20H24N2O3/c1-15-12-22(13-16(2)24-15)14-20(23)21-18-10-6-7-11-19(18)25-17-8-4-3-5-9-17/h3-11,15-16H,12-14H2,1-2H3,(H,21,23). The molecule has 3 rings (SSSR count). The summed E-state index contributed by atoms with van der Waals surface area (Å²) in [5.74, 6) is 1.32. The number of hydrogen-bond donors (Lipinski definition) is 1. The smallest absolute Gasteiger partial charge is 0.238 e. The van der Waals surface area contributed by atoms with Gasteiger partial charge >= 0.3 is 0 Å². The van der Waals surface area contributed by atoms with Crippen LogP contribution < -0.4 is 10.1 Å². The highest BCUT2D eigenvalue weighted by molar-refractivity contribution is 5.93. The monoisotopic (exact) mass is 340 g/mol. The normalized spacial score (nSPS) is 20.9. The van der Waals surface area contributed by atoms with E-state index >= 15 is 0 Å². The Hall–Kier alpha value is -2.37. The van der Waals surface area contributed by atoms with E-state index in [0.29, 0.717) is 18.0 Å². The van der Waals surface area contributed by atoms with Crippen molar-refractivity contribution in [1.29, 1.82) is 0 Å². The van der Waals surface area contributed by atoms with Gasteiger partial charge in [0.2, 0.25) is 5.91 Å². The molecule has 0 aromatic heterocycles. The van der Waals surface area contributed by atoms with Crippen molar-refractivity contribution in [2.24, 2.45) is 0 Å². The van der Waals surface area contributed by atoms with Gasteiger partial charge in [-0.2, -0.15) is 0 Å². The third kappa shape index (κ3) is 5.05. The SMILES string of the molecule is CC1CN(CC(=O)Nc2ccccc2Oc2ccccc2)CC(C)O1. The first-order valence-electron chi connectivity index (χ1n) is 8.60. The summed E-state index contributed by atoms with van der Waals surface area (Å²) in [7, 11) is 0. The summed E-state index contributed by atoms with van der Waals surface area (Å²) in [5.41, 5.74) is 0.672. The molecule has 0 radical (unpaired) electrons. The first kappa shape index (κ1) is 17.5. The van der Waals surface area contributed by atoms with E-state index in [1.807, 2.05) is 68.4 Å². The molecule has 2 unspecified atom stereocenters. The van der Waals surface area contributed by atoms with Crippen molar-refractivity contribution < 1.29 is 14.3 Å². The van der Waals surface area contributed by atoms with E-state index in [-0.39, 0.29) is 18.1 Å². The quantitative estimate of drug-likeness (QED) is 0.905. The second-order valence-electron chi connectivity index (χ2n) is 6.41. The summed E-state index contributed by atoms with van der Waals surface area (Å²) in [6.45, 7) is 5.94. The number of amides is 1. The van der Waals surface area contributed by atoms with Gasteiger partial charge in [0.1, 0.15) is 5.75 Å². The summed E-state index contributed by atoms with van der Waals surface area (Å²) in [6, 6.07) is 17.0. The van der Waals surface area contributed by atoms with Gasteiger partial charge in [0.15, 0.2) is 5.75 Å². The van der Waals surface area contributed by atoms with Crippen molar-refractivity contribution in [1.82, 2.24) is 4.90 Å². The Bertz CT molecular complexity index is 695. The molecule has 2 aromatic rings. The predicted molar refractivity (Wildman–Crippen MR) is 98.0 cm³/mol. The molecule has 0 aliphatic carbocycles. The molecule has 25 heavy (non-hydrogen) atoms. The average molecular weight is 340 g/mol. The van der Waals surface area contributed by atoms with E-state index in [9.17, 15) is 4.79 Å². The van der Waals surface area contributed by atoms with Gasteiger partial charge < -0.3 is 14.8 Å². The lowest BCUT2D eigenvalue weighted by Crippen LogP contribution is -2.48. The maximum atomic E-state index is 12.4. The van der Waals surface area contributed by atoms with Crippen molar-refractivity contribution in [2.45, 2.75) is 26.1 Å². The van der Waals surface area contributed by atoms with E-state index < -0.39 is 0 Å². The van der Waals surface area contributed by atoms with Crippen LogP contribution in [0.3, 0.4) is 0 Å². The average Bonchev–Trinajstić information content (AvgIpc) is 2.56. The van der Waals surface area contributed by atoms with E-state index in [1.54, 1.807) is 0 Å². The number of carbonyl (C=O) groups excluding carboxylic acids is 1. The van der Waals surface area contributed by atoms with Crippen LogP contribution >= 0.6 is 0 Å². The zero-order chi connectivity index (χ0) is 17.6. The Labute approximate surface area is 148 Å². The minimum Gasteiger partial charge on any atom is -0.455 e. The Kier molecular flexibility index (Phi) is 5.68. The van der Waals surface area contributed by atoms with Crippen LogP contribution in [0.15, 0.2) is 54.6 Å². The Morgan fingerprint density at radius 1 is 1.08 bits per heavy atom. The molecule has 1 aliphatic heterocycles. The van der Waals surface area contributed by atoms with Crippen LogP contribution in [-0.2, 0) is 9.53 Å². The van der Waals surface area contributed by atoms with E-state index in [4.69, 9.17) is 9.47 Å². The van der Waals surface area contributed by atoms with Crippen molar-refractivity contribution in [3.63, 3.8) is 0 Å². The molecule has 1 amide bonds. The Morgan fingerprint density at radius 3 is 2.44 bits per heavy atom. The maximum absolute atomic E-state index is 12.4. The minimum absolute atomic E-state index is 0.0505. The zero-order valence-corrected chi connectivity index (χ0v) is 14.6. The van der Waals surface area contributed by atoms with Crippen LogP contribution in [0, 0.1) is 0 Å². The number of rotatable bonds is 5. The van der Waals surface area contributed by atoms with Crippen LogP contribution in [-0.4, -0.2) is 42.6 Å². The lowest BCUT2D eigenvalue weighted by molar-refractivity contribution is -0.121. The zero-order valence-electron chi connectivity index (χ0n) is 14.6. The van der Waals surface area contributed by atoms with Crippen LogP contribution in [0.2, 0.25) is 0 Å². The number of morpholine rings is 1. The number of benzene rings is 2. The highest BCUT2D eigenvalue weighted by Gasteiger charge is 2.23.